The molecule has 0 aliphatic carbocycles. The standard InChI is InChI=1S/C14H25N3O/c1-14(2,17-9-6-4-5-7-10-17)13(18)12-8-11-16(3)15-12/h8,11,13,18H,4-7,9-10H2,1-3H3. The van der Waals surface area contributed by atoms with Crippen LogP contribution in [0.4, 0.5) is 0 Å². The molecule has 1 aromatic rings. The highest BCUT2D eigenvalue weighted by Gasteiger charge is 2.36. The predicted octanol–water partition coefficient (Wildman–Crippen LogP) is 2.11. The summed E-state index contributed by atoms with van der Waals surface area (Å²) in [5.41, 5.74) is 0.519. The van der Waals surface area contributed by atoms with Crippen molar-refractivity contribution in [3.8, 4) is 0 Å². The first-order chi connectivity index (χ1) is 8.51. The van der Waals surface area contributed by atoms with E-state index in [9.17, 15) is 5.11 Å². The summed E-state index contributed by atoms with van der Waals surface area (Å²) >= 11 is 0. The fourth-order valence-electron chi connectivity index (χ4n) is 2.76. The highest BCUT2D eigenvalue weighted by atomic mass is 16.3. The van der Waals surface area contributed by atoms with E-state index in [2.05, 4.69) is 23.8 Å². The monoisotopic (exact) mass is 251 g/mol. The van der Waals surface area contributed by atoms with Crippen molar-refractivity contribution in [2.45, 2.75) is 51.2 Å². The minimum Gasteiger partial charge on any atom is -0.385 e. The van der Waals surface area contributed by atoms with Gasteiger partial charge in [0.2, 0.25) is 0 Å². The Bertz CT molecular complexity index is 378. The van der Waals surface area contributed by atoms with Gasteiger partial charge in [0.15, 0.2) is 0 Å². The van der Waals surface area contributed by atoms with Crippen molar-refractivity contribution in [3.63, 3.8) is 0 Å². The molecule has 0 bridgehead atoms. The molecule has 1 aliphatic rings. The van der Waals surface area contributed by atoms with Crippen LogP contribution in [0.3, 0.4) is 0 Å². The lowest BCUT2D eigenvalue weighted by molar-refractivity contribution is -0.0126. The molecule has 1 aliphatic heterocycles. The fourth-order valence-corrected chi connectivity index (χ4v) is 2.76. The van der Waals surface area contributed by atoms with Gasteiger partial charge in [0.25, 0.3) is 0 Å². The van der Waals surface area contributed by atoms with Crippen LogP contribution in [-0.2, 0) is 7.05 Å². The first kappa shape index (κ1) is 13.6. The van der Waals surface area contributed by atoms with Gasteiger partial charge in [-0.2, -0.15) is 5.10 Å². The number of hydrogen-bond acceptors (Lipinski definition) is 3. The third-order valence-electron chi connectivity index (χ3n) is 4.10. The van der Waals surface area contributed by atoms with Crippen LogP contribution in [-0.4, -0.2) is 38.4 Å². The normalized spacial score (nSPS) is 20.7. The molecule has 1 aromatic heterocycles. The highest BCUT2D eigenvalue weighted by Crippen LogP contribution is 2.31. The van der Waals surface area contributed by atoms with E-state index in [-0.39, 0.29) is 5.54 Å². The average Bonchev–Trinajstić information content (AvgIpc) is 2.61. The third kappa shape index (κ3) is 2.75. The maximum atomic E-state index is 10.6. The smallest absolute Gasteiger partial charge is 0.116 e. The molecule has 2 rings (SSSR count). The van der Waals surface area contributed by atoms with Crippen molar-refractivity contribution in [3.05, 3.63) is 18.0 Å². The maximum Gasteiger partial charge on any atom is 0.116 e. The molecule has 0 radical (unpaired) electrons. The van der Waals surface area contributed by atoms with Crippen LogP contribution < -0.4 is 0 Å². The van der Waals surface area contributed by atoms with Crippen molar-refractivity contribution in [1.82, 2.24) is 14.7 Å². The Kier molecular flexibility index (Phi) is 4.07. The van der Waals surface area contributed by atoms with Gasteiger partial charge >= 0.3 is 0 Å². The molecule has 0 aromatic carbocycles. The topological polar surface area (TPSA) is 41.3 Å². The quantitative estimate of drug-likeness (QED) is 0.894. The molecule has 102 valence electrons. The number of nitrogens with zero attached hydrogens (tertiary/aromatic N) is 3. The van der Waals surface area contributed by atoms with Gasteiger partial charge in [0.1, 0.15) is 6.10 Å². The lowest BCUT2D eigenvalue weighted by Gasteiger charge is -2.40. The Morgan fingerprint density at radius 3 is 2.33 bits per heavy atom. The summed E-state index contributed by atoms with van der Waals surface area (Å²) in [7, 11) is 1.88. The number of likely N-dealkylation sites (tertiary alicyclic amines) is 1. The second-order valence-electron chi connectivity index (χ2n) is 5.87. The molecule has 1 atom stereocenters. The van der Waals surface area contributed by atoms with Crippen LogP contribution in [0.25, 0.3) is 0 Å². The van der Waals surface area contributed by atoms with Crippen molar-refractivity contribution < 1.29 is 5.11 Å². The van der Waals surface area contributed by atoms with Gasteiger partial charge in [-0.1, -0.05) is 12.8 Å². The fraction of sp³-hybridized carbons (Fsp3) is 0.786. The number of aliphatic hydroxyl groups excluding tert-OH is 1. The van der Waals surface area contributed by atoms with E-state index in [0.29, 0.717) is 0 Å². The van der Waals surface area contributed by atoms with E-state index in [0.717, 1.165) is 18.8 Å². The second kappa shape index (κ2) is 5.41. The molecule has 1 saturated heterocycles. The molecule has 0 spiro atoms. The number of aliphatic hydroxyl groups is 1. The van der Waals surface area contributed by atoms with E-state index < -0.39 is 6.10 Å². The first-order valence-corrected chi connectivity index (χ1v) is 6.94. The SMILES string of the molecule is Cn1ccc(C(O)C(C)(C)N2CCCCCC2)n1. The predicted molar refractivity (Wildman–Crippen MR) is 72.3 cm³/mol. The minimum atomic E-state index is -0.531. The molecule has 0 saturated carbocycles. The molecule has 1 N–H and O–H groups in total. The summed E-state index contributed by atoms with van der Waals surface area (Å²) in [5, 5.41) is 14.9. The summed E-state index contributed by atoms with van der Waals surface area (Å²) in [6.45, 7) is 6.41. The minimum absolute atomic E-state index is 0.251. The van der Waals surface area contributed by atoms with Crippen molar-refractivity contribution in [1.29, 1.82) is 0 Å². The molecule has 4 heteroatoms. The summed E-state index contributed by atoms with van der Waals surface area (Å²) in [5.74, 6) is 0. The summed E-state index contributed by atoms with van der Waals surface area (Å²) in [6, 6.07) is 1.91. The Morgan fingerprint density at radius 2 is 1.83 bits per heavy atom. The molecule has 18 heavy (non-hydrogen) atoms. The number of aryl methyl sites for hydroxylation is 1. The molecule has 0 amide bonds. The lowest BCUT2D eigenvalue weighted by Crippen LogP contribution is -2.49. The van der Waals surface area contributed by atoms with E-state index in [1.807, 2.05) is 19.3 Å². The van der Waals surface area contributed by atoms with Crippen LogP contribution in [0.15, 0.2) is 12.3 Å². The average molecular weight is 251 g/mol. The van der Waals surface area contributed by atoms with Gasteiger partial charge in [-0.25, -0.2) is 0 Å². The van der Waals surface area contributed by atoms with Crippen molar-refractivity contribution in [2.75, 3.05) is 13.1 Å². The van der Waals surface area contributed by atoms with Crippen molar-refractivity contribution in [2.24, 2.45) is 7.05 Å². The van der Waals surface area contributed by atoms with Gasteiger partial charge in [0, 0.05) is 18.8 Å². The highest BCUT2D eigenvalue weighted by molar-refractivity contribution is 5.09. The van der Waals surface area contributed by atoms with E-state index >= 15 is 0 Å². The number of aromatic nitrogens is 2. The molecular weight excluding hydrogens is 226 g/mol. The van der Waals surface area contributed by atoms with Crippen LogP contribution in [0, 0.1) is 0 Å². The van der Waals surface area contributed by atoms with Gasteiger partial charge in [0.05, 0.1) is 5.69 Å². The van der Waals surface area contributed by atoms with Crippen LogP contribution in [0.1, 0.15) is 51.3 Å². The van der Waals surface area contributed by atoms with E-state index in [4.69, 9.17) is 0 Å². The number of hydrogen-bond donors (Lipinski definition) is 1. The zero-order valence-corrected chi connectivity index (χ0v) is 11.8. The summed E-state index contributed by atoms with van der Waals surface area (Å²) in [6.07, 6.45) is 6.45. The number of rotatable bonds is 3. The van der Waals surface area contributed by atoms with Gasteiger partial charge in [-0.15, -0.1) is 0 Å². The second-order valence-corrected chi connectivity index (χ2v) is 5.87. The Balaban J connectivity index is 2.13. The van der Waals surface area contributed by atoms with Crippen LogP contribution in [0.5, 0.6) is 0 Å². The van der Waals surface area contributed by atoms with Gasteiger partial charge in [-0.05, 0) is 45.8 Å². The van der Waals surface area contributed by atoms with Gasteiger partial charge in [-0.3, -0.25) is 9.58 Å². The molecule has 4 nitrogen and oxygen atoms in total. The summed E-state index contributed by atoms with van der Waals surface area (Å²) in [4.78, 5) is 2.42. The maximum absolute atomic E-state index is 10.6. The molecule has 1 fully saturated rings. The lowest BCUT2D eigenvalue weighted by atomic mass is 9.92. The Labute approximate surface area is 110 Å². The molecule has 2 heterocycles. The Hall–Kier alpha value is -0.870. The third-order valence-corrected chi connectivity index (χ3v) is 4.10. The zero-order valence-electron chi connectivity index (χ0n) is 11.8. The van der Waals surface area contributed by atoms with Gasteiger partial charge < -0.3 is 5.11 Å². The van der Waals surface area contributed by atoms with E-state index in [1.54, 1.807) is 4.68 Å². The van der Waals surface area contributed by atoms with Crippen molar-refractivity contribution >= 4 is 0 Å². The largest absolute Gasteiger partial charge is 0.385 e. The molecule has 1 unspecified atom stereocenters. The first-order valence-electron chi connectivity index (χ1n) is 6.94. The zero-order chi connectivity index (χ0) is 13.2. The molecular formula is C14H25N3O. The van der Waals surface area contributed by atoms with Crippen LogP contribution >= 0.6 is 0 Å². The summed E-state index contributed by atoms with van der Waals surface area (Å²) < 4.78 is 1.75. The Morgan fingerprint density at radius 1 is 1.22 bits per heavy atom. The van der Waals surface area contributed by atoms with Crippen LogP contribution in [0.2, 0.25) is 0 Å². The van der Waals surface area contributed by atoms with E-state index in [1.165, 1.54) is 25.7 Å².